The molecule has 0 aliphatic rings. The molecule has 0 unspecified atom stereocenters. The maximum absolute atomic E-state index is 11.6. The molecule has 0 aliphatic carbocycles. The first-order chi connectivity index (χ1) is 9.02. The van der Waals surface area contributed by atoms with Crippen LogP contribution in [0.5, 0.6) is 0 Å². The van der Waals surface area contributed by atoms with Crippen LogP contribution in [0.15, 0.2) is 22.9 Å². The lowest BCUT2D eigenvalue weighted by molar-refractivity contribution is -0.127. The number of amides is 2. The van der Waals surface area contributed by atoms with Crippen molar-refractivity contribution in [2.75, 3.05) is 20.2 Å². The first kappa shape index (κ1) is 15.1. The SMILES string of the molecule is CNC(=O)CNC(=O)COC(=O)c1cncc(Br)c1. The van der Waals surface area contributed by atoms with Crippen LogP contribution in [0.25, 0.3) is 0 Å². The summed E-state index contributed by atoms with van der Waals surface area (Å²) in [4.78, 5) is 37.5. The van der Waals surface area contributed by atoms with E-state index in [2.05, 4.69) is 31.5 Å². The second kappa shape index (κ2) is 7.47. The minimum Gasteiger partial charge on any atom is -0.452 e. The number of carbonyl (C=O) groups excluding carboxylic acids is 3. The highest BCUT2D eigenvalue weighted by Crippen LogP contribution is 2.10. The predicted molar refractivity (Wildman–Crippen MR) is 69.3 cm³/mol. The number of ether oxygens (including phenoxy) is 1. The Labute approximate surface area is 117 Å². The van der Waals surface area contributed by atoms with Crippen molar-refractivity contribution < 1.29 is 19.1 Å². The van der Waals surface area contributed by atoms with E-state index in [1.165, 1.54) is 25.5 Å². The van der Waals surface area contributed by atoms with Gasteiger partial charge >= 0.3 is 5.97 Å². The molecular formula is C11H12BrN3O4. The van der Waals surface area contributed by atoms with Crippen LogP contribution in [0.3, 0.4) is 0 Å². The van der Waals surface area contributed by atoms with E-state index in [4.69, 9.17) is 4.74 Å². The molecule has 1 aromatic rings. The largest absolute Gasteiger partial charge is 0.452 e. The Morgan fingerprint density at radius 2 is 2.05 bits per heavy atom. The van der Waals surface area contributed by atoms with Crippen molar-refractivity contribution in [1.29, 1.82) is 0 Å². The van der Waals surface area contributed by atoms with Gasteiger partial charge in [0, 0.05) is 23.9 Å². The first-order valence-corrected chi connectivity index (χ1v) is 6.07. The number of rotatable bonds is 5. The van der Waals surface area contributed by atoms with E-state index in [9.17, 15) is 14.4 Å². The van der Waals surface area contributed by atoms with Crippen LogP contribution in [0.4, 0.5) is 0 Å². The zero-order valence-electron chi connectivity index (χ0n) is 10.1. The third-order valence-corrected chi connectivity index (χ3v) is 2.43. The summed E-state index contributed by atoms with van der Waals surface area (Å²) in [6.45, 7) is -0.617. The van der Waals surface area contributed by atoms with Crippen LogP contribution < -0.4 is 10.6 Å². The Hall–Kier alpha value is -1.96. The van der Waals surface area contributed by atoms with Gasteiger partial charge in [0.25, 0.3) is 5.91 Å². The molecule has 0 radical (unpaired) electrons. The summed E-state index contributed by atoms with van der Waals surface area (Å²) in [5, 5.41) is 4.64. The second-order valence-electron chi connectivity index (χ2n) is 3.42. The third kappa shape index (κ3) is 5.47. The average Bonchev–Trinajstić information content (AvgIpc) is 2.41. The zero-order valence-corrected chi connectivity index (χ0v) is 11.7. The van der Waals surface area contributed by atoms with Gasteiger partial charge in [-0.1, -0.05) is 0 Å². The van der Waals surface area contributed by atoms with Gasteiger partial charge in [-0.15, -0.1) is 0 Å². The molecule has 0 bridgehead atoms. The van der Waals surface area contributed by atoms with Gasteiger partial charge in [0.15, 0.2) is 6.61 Å². The topological polar surface area (TPSA) is 97.4 Å². The molecule has 8 heteroatoms. The van der Waals surface area contributed by atoms with E-state index >= 15 is 0 Å². The smallest absolute Gasteiger partial charge is 0.340 e. The Bertz CT molecular complexity index is 493. The van der Waals surface area contributed by atoms with Gasteiger partial charge in [-0.05, 0) is 22.0 Å². The molecule has 0 atom stereocenters. The van der Waals surface area contributed by atoms with Crippen molar-refractivity contribution in [3.63, 3.8) is 0 Å². The number of nitrogens with zero attached hydrogens (tertiary/aromatic N) is 1. The molecule has 1 aromatic heterocycles. The zero-order chi connectivity index (χ0) is 14.3. The Morgan fingerprint density at radius 1 is 1.32 bits per heavy atom. The number of halogens is 1. The third-order valence-electron chi connectivity index (χ3n) is 2.00. The van der Waals surface area contributed by atoms with Gasteiger partial charge < -0.3 is 15.4 Å². The normalized spacial score (nSPS) is 9.58. The van der Waals surface area contributed by atoms with Crippen molar-refractivity contribution >= 4 is 33.7 Å². The molecule has 2 N–H and O–H groups in total. The summed E-state index contributed by atoms with van der Waals surface area (Å²) in [7, 11) is 1.45. The van der Waals surface area contributed by atoms with Crippen molar-refractivity contribution in [3.05, 3.63) is 28.5 Å². The number of aromatic nitrogens is 1. The van der Waals surface area contributed by atoms with Crippen molar-refractivity contribution in [2.45, 2.75) is 0 Å². The van der Waals surface area contributed by atoms with Crippen molar-refractivity contribution in [2.24, 2.45) is 0 Å². The van der Waals surface area contributed by atoms with Gasteiger partial charge in [-0.2, -0.15) is 0 Å². The fourth-order valence-electron chi connectivity index (χ4n) is 1.06. The minimum absolute atomic E-state index is 0.161. The monoisotopic (exact) mass is 329 g/mol. The summed E-state index contributed by atoms with van der Waals surface area (Å²) < 4.78 is 5.40. The molecule has 0 saturated heterocycles. The molecule has 2 amide bonds. The molecule has 1 rings (SSSR count). The van der Waals surface area contributed by atoms with E-state index in [1.807, 2.05) is 0 Å². The van der Waals surface area contributed by atoms with Crippen LogP contribution >= 0.6 is 15.9 Å². The van der Waals surface area contributed by atoms with Crippen LogP contribution in [0.1, 0.15) is 10.4 Å². The molecule has 0 fully saturated rings. The van der Waals surface area contributed by atoms with E-state index < -0.39 is 18.5 Å². The average molecular weight is 330 g/mol. The summed E-state index contributed by atoms with van der Waals surface area (Å²) in [5.74, 6) is -1.56. The van der Waals surface area contributed by atoms with Gasteiger partial charge in [0.1, 0.15) is 0 Å². The second-order valence-corrected chi connectivity index (χ2v) is 4.33. The lowest BCUT2D eigenvalue weighted by Crippen LogP contribution is -2.37. The molecule has 19 heavy (non-hydrogen) atoms. The molecule has 0 aliphatic heterocycles. The minimum atomic E-state index is -0.663. The van der Waals surface area contributed by atoms with E-state index in [0.29, 0.717) is 4.47 Å². The van der Waals surface area contributed by atoms with Gasteiger partial charge in [-0.25, -0.2) is 4.79 Å². The molecule has 102 valence electrons. The molecule has 0 aromatic carbocycles. The van der Waals surface area contributed by atoms with Gasteiger partial charge in [0.05, 0.1) is 12.1 Å². The standard InChI is InChI=1S/C11H12BrN3O4/c1-13-9(16)5-15-10(17)6-19-11(18)7-2-8(12)4-14-3-7/h2-4H,5-6H2,1H3,(H,13,16)(H,15,17). The van der Waals surface area contributed by atoms with Crippen LogP contribution in [-0.4, -0.2) is 43.0 Å². The summed E-state index contributed by atoms with van der Waals surface area (Å²) in [6.07, 6.45) is 2.85. The maximum Gasteiger partial charge on any atom is 0.340 e. The van der Waals surface area contributed by atoms with Crippen LogP contribution in [-0.2, 0) is 14.3 Å². The highest BCUT2D eigenvalue weighted by Gasteiger charge is 2.11. The van der Waals surface area contributed by atoms with Crippen molar-refractivity contribution in [1.82, 2.24) is 15.6 Å². The summed E-state index contributed by atoms with van der Waals surface area (Å²) in [5.41, 5.74) is 0.230. The number of pyridine rings is 1. The molecule has 0 saturated carbocycles. The predicted octanol–water partition coefficient (Wildman–Crippen LogP) is -0.137. The van der Waals surface area contributed by atoms with Crippen molar-refractivity contribution in [3.8, 4) is 0 Å². The highest BCUT2D eigenvalue weighted by molar-refractivity contribution is 9.10. The summed E-state index contributed by atoms with van der Waals surface area (Å²) >= 11 is 3.17. The first-order valence-electron chi connectivity index (χ1n) is 5.28. The number of likely N-dealkylation sites (N-methyl/N-ethyl adjacent to an activating group) is 1. The Morgan fingerprint density at radius 3 is 2.68 bits per heavy atom. The fraction of sp³-hybridized carbons (Fsp3) is 0.273. The van der Waals surface area contributed by atoms with Gasteiger partial charge in [0.2, 0.25) is 5.91 Å². The lowest BCUT2D eigenvalue weighted by Gasteiger charge is -2.06. The quantitative estimate of drug-likeness (QED) is 0.733. The molecule has 7 nitrogen and oxygen atoms in total. The van der Waals surface area contributed by atoms with Crippen LogP contribution in [0.2, 0.25) is 0 Å². The Kier molecular flexibility index (Phi) is 5.94. The molecular weight excluding hydrogens is 318 g/mol. The van der Waals surface area contributed by atoms with Crippen LogP contribution in [0, 0.1) is 0 Å². The number of carbonyl (C=O) groups is 3. The van der Waals surface area contributed by atoms with E-state index in [1.54, 1.807) is 0 Å². The molecule has 0 spiro atoms. The maximum atomic E-state index is 11.6. The number of hydrogen-bond donors (Lipinski definition) is 2. The Balaban J connectivity index is 2.38. The van der Waals surface area contributed by atoms with E-state index in [0.717, 1.165) is 0 Å². The number of nitrogens with one attached hydrogen (secondary N) is 2. The summed E-state index contributed by atoms with van der Waals surface area (Å²) in [6, 6.07) is 1.53. The number of esters is 1. The molecule has 1 heterocycles. The lowest BCUT2D eigenvalue weighted by atomic mass is 10.3. The fourth-order valence-corrected chi connectivity index (χ4v) is 1.42. The van der Waals surface area contributed by atoms with Gasteiger partial charge in [-0.3, -0.25) is 14.6 Å². The highest BCUT2D eigenvalue weighted by atomic mass is 79.9. The van der Waals surface area contributed by atoms with E-state index in [-0.39, 0.29) is 18.0 Å². The number of hydrogen-bond acceptors (Lipinski definition) is 5.